The standard InChI is InChI=1S/C24H27Cl2NO4S.ClH/c1-15(23(28)29)12-27-9-7-24(8-10-27)14-31-21-11-16(3-4-18(21)24)32-13-17-19(25)5-6-20(30-2)22(17)26;/h3-6,11,15H,7-10,12-14H2,1-2H3,(H,28,29);1H. The molecule has 2 aliphatic heterocycles. The van der Waals surface area contributed by atoms with E-state index in [9.17, 15) is 9.90 Å². The maximum absolute atomic E-state index is 11.2. The van der Waals surface area contributed by atoms with Crippen LogP contribution in [0.5, 0.6) is 11.5 Å². The summed E-state index contributed by atoms with van der Waals surface area (Å²) >= 11 is 14.5. The quantitative estimate of drug-likeness (QED) is 0.431. The zero-order valence-electron chi connectivity index (χ0n) is 18.6. The Morgan fingerprint density at radius 3 is 2.67 bits per heavy atom. The van der Waals surface area contributed by atoms with E-state index in [1.165, 1.54) is 5.56 Å². The summed E-state index contributed by atoms with van der Waals surface area (Å²) in [4.78, 5) is 14.5. The molecule has 0 saturated carbocycles. The average molecular weight is 533 g/mol. The van der Waals surface area contributed by atoms with Gasteiger partial charge in [0.1, 0.15) is 11.5 Å². The molecule has 1 N–H and O–H groups in total. The summed E-state index contributed by atoms with van der Waals surface area (Å²) in [5, 5.41) is 10.4. The third-order valence-electron chi connectivity index (χ3n) is 6.55. The monoisotopic (exact) mass is 531 g/mol. The number of fused-ring (bicyclic) bond motifs is 2. The summed E-state index contributed by atoms with van der Waals surface area (Å²) in [6.45, 7) is 4.84. The molecule has 1 saturated heterocycles. The van der Waals surface area contributed by atoms with Crippen molar-refractivity contribution in [2.24, 2.45) is 5.92 Å². The van der Waals surface area contributed by atoms with Crippen molar-refractivity contribution in [1.82, 2.24) is 4.90 Å². The predicted octanol–water partition coefficient (Wildman–Crippen LogP) is 6.16. The van der Waals surface area contributed by atoms with E-state index in [4.69, 9.17) is 32.7 Å². The molecule has 2 aromatic rings. The van der Waals surface area contributed by atoms with Crippen LogP contribution in [0.15, 0.2) is 35.2 Å². The third-order valence-corrected chi connectivity index (χ3v) is 8.34. The van der Waals surface area contributed by atoms with E-state index in [0.717, 1.165) is 42.1 Å². The number of halogens is 3. The van der Waals surface area contributed by atoms with Crippen molar-refractivity contribution >= 4 is 53.3 Å². The van der Waals surface area contributed by atoms with Gasteiger partial charge in [0.15, 0.2) is 0 Å². The van der Waals surface area contributed by atoms with Crippen molar-refractivity contribution in [2.45, 2.75) is 35.8 Å². The SMILES string of the molecule is COc1ccc(Cl)c(CSc2ccc3c(c2)OCC32CCN(CC(C)C(=O)O)CC2)c1Cl.Cl. The van der Waals surface area contributed by atoms with Crippen LogP contribution in [-0.4, -0.2) is 49.3 Å². The molecule has 33 heavy (non-hydrogen) atoms. The Labute approximate surface area is 215 Å². The number of likely N-dealkylation sites (tertiary alicyclic amines) is 1. The maximum atomic E-state index is 11.2. The molecule has 180 valence electrons. The molecular formula is C24H28Cl3NO4S. The summed E-state index contributed by atoms with van der Waals surface area (Å²) < 4.78 is 11.4. The van der Waals surface area contributed by atoms with Crippen LogP contribution < -0.4 is 9.47 Å². The number of hydrogen-bond donors (Lipinski definition) is 1. The summed E-state index contributed by atoms with van der Waals surface area (Å²) in [6, 6.07) is 10.0. The van der Waals surface area contributed by atoms with Crippen molar-refractivity contribution in [2.75, 3.05) is 33.4 Å². The van der Waals surface area contributed by atoms with E-state index in [1.54, 1.807) is 37.9 Å². The van der Waals surface area contributed by atoms with E-state index in [-0.39, 0.29) is 23.7 Å². The molecule has 2 aromatic carbocycles. The maximum Gasteiger partial charge on any atom is 0.307 e. The first kappa shape index (κ1) is 26.3. The number of nitrogens with zero attached hydrogens (tertiary/aromatic N) is 1. The largest absolute Gasteiger partial charge is 0.495 e. The van der Waals surface area contributed by atoms with Crippen LogP contribution in [0.3, 0.4) is 0 Å². The Hall–Kier alpha value is -1.31. The van der Waals surface area contributed by atoms with E-state index in [2.05, 4.69) is 23.1 Å². The molecule has 0 radical (unpaired) electrons. The molecule has 0 bridgehead atoms. The molecule has 2 heterocycles. The lowest BCUT2D eigenvalue weighted by Crippen LogP contribution is -2.45. The van der Waals surface area contributed by atoms with Crippen molar-refractivity contribution < 1.29 is 19.4 Å². The van der Waals surface area contributed by atoms with Gasteiger partial charge in [-0.3, -0.25) is 4.79 Å². The second kappa shape index (κ2) is 11.0. The summed E-state index contributed by atoms with van der Waals surface area (Å²) in [7, 11) is 1.59. The summed E-state index contributed by atoms with van der Waals surface area (Å²) in [5.74, 6) is 1.12. The van der Waals surface area contributed by atoms with Gasteiger partial charge < -0.3 is 19.5 Å². The average Bonchev–Trinajstić information content (AvgIpc) is 3.13. The number of methoxy groups -OCH3 is 1. The van der Waals surface area contributed by atoms with Gasteiger partial charge >= 0.3 is 5.97 Å². The fourth-order valence-electron chi connectivity index (χ4n) is 4.51. The van der Waals surface area contributed by atoms with Gasteiger partial charge in [0.25, 0.3) is 0 Å². The van der Waals surface area contributed by atoms with E-state index in [1.807, 2.05) is 0 Å². The minimum atomic E-state index is -0.735. The van der Waals surface area contributed by atoms with Gasteiger partial charge in [-0.2, -0.15) is 0 Å². The van der Waals surface area contributed by atoms with Gasteiger partial charge in [-0.15, -0.1) is 24.2 Å². The Bertz CT molecular complexity index is 1010. The molecule has 1 atom stereocenters. The minimum Gasteiger partial charge on any atom is -0.495 e. The van der Waals surface area contributed by atoms with Crippen LogP contribution >= 0.6 is 47.4 Å². The van der Waals surface area contributed by atoms with Crippen LogP contribution in [-0.2, 0) is 16.0 Å². The lowest BCUT2D eigenvalue weighted by atomic mass is 9.74. The summed E-state index contributed by atoms with van der Waals surface area (Å²) in [6.07, 6.45) is 1.96. The minimum absolute atomic E-state index is 0. The molecular weight excluding hydrogens is 505 g/mol. The van der Waals surface area contributed by atoms with Crippen LogP contribution in [0, 0.1) is 5.92 Å². The van der Waals surface area contributed by atoms with E-state index in [0.29, 0.717) is 34.7 Å². The molecule has 1 unspecified atom stereocenters. The highest BCUT2D eigenvalue weighted by molar-refractivity contribution is 7.98. The fourth-order valence-corrected chi connectivity index (χ4v) is 6.21. The molecule has 0 aromatic heterocycles. The molecule has 2 aliphatic rings. The third kappa shape index (κ3) is 5.51. The smallest absolute Gasteiger partial charge is 0.307 e. The fraction of sp³-hybridized carbons (Fsp3) is 0.458. The number of aliphatic carboxylic acids is 1. The molecule has 9 heteroatoms. The number of carboxylic acids is 1. The van der Waals surface area contributed by atoms with Crippen molar-refractivity contribution in [1.29, 1.82) is 0 Å². The number of ether oxygens (including phenoxy) is 2. The first-order valence-electron chi connectivity index (χ1n) is 10.7. The van der Waals surface area contributed by atoms with Crippen molar-refractivity contribution in [3.63, 3.8) is 0 Å². The number of benzene rings is 2. The molecule has 4 rings (SSSR count). The predicted molar refractivity (Wildman–Crippen MR) is 136 cm³/mol. The lowest BCUT2D eigenvalue weighted by molar-refractivity contribution is -0.141. The first-order chi connectivity index (χ1) is 15.3. The Morgan fingerprint density at radius 1 is 1.27 bits per heavy atom. The molecule has 0 amide bonds. The van der Waals surface area contributed by atoms with Crippen LogP contribution in [0.25, 0.3) is 0 Å². The van der Waals surface area contributed by atoms with Crippen molar-refractivity contribution in [3.8, 4) is 11.5 Å². The molecule has 1 spiro atoms. The van der Waals surface area contributed by atoms with Gasteiger partial charge in [0, 0.05) is 38.8 Å². The number of thioether (sulfide) groups is 1. The first-order valence-corrected chi connectivity index (χ1v) is 12.4. The normalized spacial score (nSPS) is 17.7. The highest BCUT2D eigenvalue weighted by atomic mass is 35.5. The van der Waals surface area contributed by atoms with Crippen molar-refractivity contribution in [3.05, 3.63) is 51.5 Å². The topological polar surface area (TPSA) is 59.0 Å². The van der Waals surface area contributed by atoms with Crippen LogP contribution in [0.4, 0.5) is 0 Å². The van der Waals surface area contributed by atoms with Gasteiger partial charge in [0.2, 0.25) is 0 Å². The zero-order valence-corrected chi connectivity index (χ0v) is 21.8. The Morgan fingerprint density at radius 2 is 2.00 bits per heavy atom. The number of carboxylic acid groups (broad SMARTS) is 1. The van der Waals surface area contributed by atoms with Crippen LogP contribution in [0.1, 0.15) is 30.9 Å². The van der Waals surface area contributed by atoms with Gasteiger partial charge in [-0.25, -0.2) is 0 Å². The van der Waals surface area contributed by atoms with Gasteiger partial charge in [-0.05, 0) is 50.2 Å². The summed E-state index contributed by atoms with van der Waals surface area (Å²) in [5.41, 5.74) is 2.16. The Balaban J connectivity index is 0.00000306. The number of carbonyl (C=O) groups is 1. The Kier molecular flexibility index (Phi) is 8.73. The second-order valence-electron chi connectivity index (χ2n) is 8.60. The highest BCUT2D eigenvalue weighted by Crippen LogP contribution is 2.47. The second-order valence-corrected chi connectivity index (χ2v) is 10.4. The number of rotatable bonds is 7. The molecule has 5 nitrogen and oxygen atoms in total. The highest BCUT2D eigenvalue weighted by Gasteiger charge is 2.43. The van der Waals surface area contributed by atoms with E-state index >= 15 is 0 Å². The van der Waals surface area contributed by atoms with Gasteiger partial charge in [-0.1, -0.05) is 36.2 Å². The lowest BCUT2D eigenvalue weighted by Gasteiger charge is -2.39. The molecule has 1 fully saturated rings. The number of piperidine rings is 1. The van der Waals surface area contributed by atoms with Gasteiger partial charge in [0.05, 0.1) is 24.7 Å². The molecule has 0 aliphatic carbocycles. The van der Waals surface area contributed by atoms with Crippen LogP contribution in [0.2, 0.25) is 10.0 Å². The zero-order chi connectivity index (χ0) is 22.9. The van der Waals surface area contributed by atoms with E-state index < -0.39 is 5.97 Å². The number of hydrogen-bond acceptors (Lipinski definition) is 5.